The van der Waals surface area contributed by atoms with Crippen molar-refractivity contribution in [3.8, 4) is 0 Å². The van der Waals surface area contributed by atoms with Gasteiger partial charge in [-0.05, 0) is 26.3 Å². The number of rotatable bonds is 5. The average Bonchev–Trinajstić information content (AvgIpc) is 2.83. The number of fused-ring (bicyclic) bond motifs is 1. The molecular formula is C12H15Cl2N3OS. The number of hydrogen-bond acceptors (Lipinski definition) is 4. The smallest absolute Gasteiger partial charge is 0.130 e. The zero-order valence-corrected chi connectivity index (χ0v) is 13.3. The maximum atomic E-state index is 6.21. The van der Waals surface area contributed by atoms with Gasteiger partial charge in [-0.15, -0.1) is 0 Å². The quantitative estimate of drug-likeness (QED) is 0.847. The van der Waals surface area contributed by atoms with Gasteiger partial charge < -0.3 is 10.1 Å². The number of nitrogens with one attached hydrogen (secondary N) is 1. The van der Waals surface area contributed by atoms with Crippen LogP contribution in [0.25, 0.3) is 0 Å². The molecule has 0 fully saturated rings. The molecule has 4 nitrogen and oxygen atoms in total. The number of benzene rings is 1. The summed E-state index contributed by atoms with van der Waals surface area (Å²) in [6.07, 6.45) is 0.849. The van der Waals surface area contributed by atoms with Crippen molar-refractivity contribution in [3.05, 3.63) is 16.1 Å². The van der Waals surface area contributed by atoms with E-state index in [2.05, 4.69) is 14.0 Å². The maximum Gasteiger partial charge on any atom is 0.130 e. The normalized spacial score (nSPS) is 13.3. The van der Waals surface area contributed by atoms with Crippen LogP contribution in [0.3, 0.4) is 0 Å². The van der Waals surface area contributed by atoms with E-state index in [0.29, 0.717) is 15.7 Å². The highest BCUT2D eigenvalue weighted by Gasteiger charge is 2.20. The van der Waals surface area contributed by atoms with Crippen molar-refractivity contribution in [3.63, 3.8) is 0 Å². The minimum atomic E-state index is -0.175. The number of nitrogens with zero attached hydrogens (tertiary/aromatic N) is 2. The number of ether oxygens (including phenoxy) is 1. The first-order valence-electron chi connectivity index (χ1n) is 5.84. The summed E-state index contributed by atoms with van der Waals surface area (Å²) >= 11 is 13.4. The summed E-state index contributed by atoms with van der Waals surface area (Å²) in [5.74, 6) is 0. The second kappa shape index (κ2) is 5.79. The van der Waals surface area contributed by atoms with E-state index in [0.717, 1.165) is 35.7 Å². The summed E-state index contributed by atoms with van der Waals surface area (Å²) in [4.78, 5) is 0. The van der Waals surface area contributed by atoms with Crippen molar-refractivity contribution in [2.45, 2.75) is 25.9 Å². The molecule has 1 aromatic rings. The molecule has 2 rings (SSSR count). The molecule has 1 aliphatic rings. The zero-order chi connectivity index (χ0) is 14.0. The van der Waals surface area contributed by atoms with Gasteiger partial charge in [-0.3, -0.25) is 0 Å². The molecule has 0 atom stereocenters. The van der Waals surface area contributed by atoms with Gasteiger partial charge in [0, 0.05) is 13.7 Å². The lowest BCUT2D eigenvalue weighted by molar-refractivity contribution is 0.0185. The molecule has 0 aromatic heterocycles. The third kappa shape index (κ3) is 3.28. The van der Waals surface area contributed by atoms with Crippen LogP contribution in [0.1, 0.15) is 20.3 Å². The van der Waals surface area contributed by atoms with E-state index in [1.165, 1.54) is 0 Å². The Hall–Kier alpha value is -0.620. The number of methoxy groups -OCH3 is 1. The molecule has 0 saturated carbocycles. The van der Waals surface area contributed by atoms with Crippen molar-refractivity contribution in [1.29, 1.82) is 0 Å². The van der Waals surface area contributed by atoms with Crippen molar-refractivity contribution in [2.75, 3.05) is 19.0 Å². The zero-order valence-electron chi connectivity index (χ0n) is 11.0. The van der Waals surface area contributed by atoms with Crippen LogP contribution in [0.2, 0.25) is 10.0 Å². The van der Waals surface area contributed by atoms with E-state index in [4.69, 9.17) is 27.9 Å². The second-order valence-corrected chi connectivity index (χ2v) is 6.16. The molecule has 1 heterocycles. The monoisotopic (exact) mass is 319 g/mol. The minimum absolute atomic E-state index is 0.175. The van der Waals surface area contributed by atoms with Crippen molar-refractivity contribution < 1.29 is 4.74 Å². The summed E-state index contributed by atoms with van der Waals surface area (Å²) < 4.78 is 13.8. The summed E-state index contributed by atoms with van der Waals surface area (Å²) in [6.45, 7) is 4.81. The Balaban J connectivity index is 2.14. The molecule has 7 heteroatoms. The molecule has 1 N–H and O–H groups in total. The van der Waals surface area contributed by atoms with Gasteiger partial charge in [0.15, 0.2) is 0 Å². The lowest BCUT2D eigenvalue weighted by Gasteiger charge is -2.23. The first-order chi connectivity index (χ1) is 8.94. The molecule has 104 valence electrons. The second-order valence-electron chi connectivity index (χ2n) is 4.82. The first-order valence-corrected chi connectivity index (χ1v) is 7.32. The van der Waals surface area contributed by atoms with Crippen LogP contribution < -0.4 is 5.32 Å². The molecule has 0 amide bonds. The summed E-state index contributed by atoms with van der Waals surface area (Å²) in [6, 6.07) is 1.69. The Kier molecular flexibility index (Phi) is 4.50. The number of halogens is 2. The molecule has 1 aromatic carbocycles. The molecule has 0 spiro atoms. The van der Waals surface area contributed by atoms with Gasteiger partial charge in [-0.1, -0.05) is 23.2 Å². The summed E-state index contributed by atoms with van der Waals surface area (Å²) in [7, 11) is 1.71. The molecule has 19 heavy (non-hydrogen) atoms. The van der Waals surface area contributed by atoms with E-state index in [-0.39, 0.29) is 5.60 Å². The first kappa shape index (κ1) is 14.8. The molecular weight excluding hydrogens is 305 g/mol. The van der Waals surface area contributed by atoms with Crippen LogP contribution in [0.4, 0.5) is 17.1 Å². The average molecular weight is 320 g/mol. The van der Waals surface area contributed by atoms with Crippen LogP contribution in [0.15, 0.2) is 14.8 Å². The van der Waals surface area contributed by atoms with Gasteiger partial charge in [0.2, 0.25) is 0 Å². The van der Waals surface area contributed by atoms with Crippen molar-refractivity contribution >= 4 is 51.6 Å². The van der Waals surface area contributed by atoms with E-state index in [9.17, 15) is 0 Å². The molecule has 1 aliphatic heterocycles. The third-order valence-corrected chi connectivity index (χ3v) is 4.14. The fourth-order valence-corrected chi connectivity index (χ4v) is 2.81. The van der Waals surface area contributed by atoms with Gasteiger partial charge in [0.1, 0.15) is 11.4 Å². The molecule has 0 radical (unpaired) electrons. The fraction of sp³-hybridized carbons (Fsp3) is 0.500. The number of anilines is 1. The lowest BCUT2D eigenvalue weighted by atomic mass is 10.1. The molecule has 0 unspecified atom stereocenters. The van der Waals surface area contributed by atoms with E-state index in [1.54, 1.807) is 13.2 Å². The molecule has 0 saturated heterocycles. The Labute approximate surface area is 126 Å². The summed E-state index contributed by atoms with van der Waals surface area (Å²) in [5, 5.41) is 4.37. The highest BCUT2D eigenvalue weighted by Crippen LogP contribution is 2.47. The van der Waals surface area contributed by atoms with Crippen molar-refractivity contribution in [2.24, 2.45) is 8.73 Å². The molecule has 0 bridgehead atoms. The van der Waals surface area contributed by atoms with E-state index < -0.39 is 0 Å². The topological polar surface area (TPSA) is 46.0 Å². The standard InChI is InChI=1S/C12H15Cl2N3OS/c1-12(2,18-3)4-5-15-9-7(13)6-8(14)10-11(9)17-19-16-10/h6,15H,4-5H2,1-3H3. The highest BCUT2D eigenvalue weighted by atomic mass is 35.5. The van der Waals surface area contributed by atoms with Crippen LogP contribution >= 0.6 is 23.2 Å². The maximum absolute atomic E-state index is 6.21. The van der Waals surface area contributed by atoms with Crippen LogP contribution in [0.5, 0.6) is 0 Å². The van der Waals surface area contributed by atoms with Gasteiger partial charge in [0.05, 0.1) is 32.7 Å². The highest BCUT2D eigenvalue weighted by molar-refractivity contribution is 7.58. The van der Waals surface area contributed by atoms with Gasteiger partial charge in [0.25, 0.3) is 0 Å². The van der Waals surface area contributed by atoms with Crippen LogP contribution in [-0.4, -0.2) is 19.3 Å². The predicted octanol–water partition coefficient (Wildman–Crippen LogP) is 4.95. The van der Waals surface area contributed by atoms with Crippen LogP contribution in [0, 0.1) is 0 Å². The summed E-state index contributed by atoms with van der Waals surface area (Å²) in [5.41, 5.74) is 2.01. The minimum Gasteiger partial charge on any atom is -0.382 e. The number of hydrogen-bond donors (Lipinski definition) is 1. The Morgan fingerprint density at radius 1 is 1.26 bits per heavy atom. The largest absolute Gasteiger partial charge is 0.382 e. The van der Waals surface area contributed by atoms with Crippen LogP contribution in [-0.2, 0) is 16.1 Å². The lowest BCUT2D eigenvalue weighted by Crippen LogP contribution is -2.25. The third-order valence-electron chi connectivity index (χ3n) is 3.03. The Morgan fingerprint density at radius 3 is 2.63 bits per heavy atom. The fourth-order valence-electron chi connectivity index (χ4n) is 1.63. The molecule has 0 aliphatic carbocycles. The SMILES string of the molecule is COC(C)(C)CCNc1c(Cl)cc(Cl)c2c1N=S=N2. The van der Waals surface area contributed by atoms with Gasteiger partial charge >= 0.3 is 0 Å². The van der Waals surface area contributed by atoms with Gasteiger partial charge in [-0.2, -0.15) is 8.73 Å². The Morgan fingerprint density at radius 2 is 1.95 bits per heavy atom. The van der Waals surface area contributed by atoms with Gasteiger partial charge in [-0.25, -0.2) is 0 Å². The van der Waals surface area contributed by atoms with Crippen molar-refractivity contribution in [1.82, 2.24) is 0 Å². The van der Waals surface area contributed by atoms with E-state index in [1.807, 2.05) is 13.8 Å². The van der Waals surface area contributed by atoms with E-state index >= 15 is 0 Å². The predicted molar refractivity (Wildman–Crippen MR) is 82.2 cm³/mol. The Bertz CT molecular complexity index is 569.